The molecule has 0 aliphatic carbocycles. The Labute approximate surface area is 124 Å². The Morgan fingerprint density at radius 2 is 2.19 bits per heavy atom. The van der Waals surface area contributed by atoms with Gasteiger partial charge in [-0.15, -0.1) is 6.58 Å². The number of allylic oxidation sites excluding steroid dienone is 1. The van der Waals surface area contributed by atoms with Gasteiger partial charge in [0.15, 0.2) is 5.75 Å². The lowest BCUT2D eigenvalue weighted by molar-refractivity contribution is -0.386. The zero-order valence-corrected chi connectivity index (χ0v) is 12.0. The summed E-state index contributed by atoms with van der Waals surface area (Å²) in [7, 11) is 0. The maximum atomic E-state index is 11.0. The highest BCUT2D eigenvalue weighted by molar-refractivity contribution is 5.48. The van der Waals surface area contributed by atoms with E-state index in [1.807, 2.05) is 6.08 Å². The number of phenols is 1. The molecule has 6 nitrogen and oxygen atoms in total. The van der Waals surface area contributed by atoms with E-state index in [4.69, 9.17) is 0 Å². The molecule has 0 aromatic heterocycles. The lowest BCUT2D eigenvalue weighted by Crippen LogP contribution is -2.45. The van der Waals surface area contributed by atoms with Crippen LogP contribution in [-0.4, -0.2) is 41.1 Å². The predicted octanol–water partition coefficient (Wildman–Crippen LogP) is 2.21. The Hall–Kier alpha value is -1.92. The van der Waals surface area contributed by atoms with E-state index in [2.05, 4.69) is 16.8 Å². The largest absolute Gasteiger partial charge is 0.502 e. The Balaban J connectivity index is 2.28. The Bertz CT molecular complexity index is 513. The van der Waals surface area contributed by atoms with Crippen molar-refractivity contribution in [3.05, 3.63) is 46.5 Å². The molecule has 0 radical (unpaired) electrons. The van der Waals surface area contributed by atoms with Crippen LogP contribution in [0.25, 0.3) is 0 Å². The second kappa shape index (κ2) is 7.19. The number of hydrogen-bond donors (Lipinski definition) is 2. The van der Waals surface area contributed by atoms with Gasteiger partial charge in [-0.2, -0.15) is 0 Å². The van der Waals surface area contributed by atoms with E-state index in [1.165, 1.54) is 12.1 Å². The van der Waals surface area contributed by atoms with Crippen molar-refractivity contribution in [3.8, 4) is 5.75 Å². The normalized spacial score (nSPS) is 17.3. The molecule has 0 bridgehead atoms. The number of aromatic hydroxyl groups is 1. The van der Waals surface area contributed by atoms with Crippen LogP contribution >= 0.6 is 0 Å². The van der Waals surface area contributed by atoms with Crippen LogP contribution in [0, 0.1) is 10.1 Å². The van der Waals surface area contributed by atoms with Gasteiger partial charge >= 0.3 is 5.69 Å². The van der Waals surface area contributed by atoms with Crippen molar-refractivity contribution in [1.29, 1.82) is 0 Å². The third kappa shape index (κ3) is 3.80. The molecule has 1 fully saturated rings. The zero-order valence-electron chi connectivity index (χ0n) is 12.0. The second-order valence-corrected chi connectivity index (χ2v) is 5.17. The maximum absolute atomic E-state index is 11.0. The second-order valence-electron chi connectivity index (χ2n) is 5.17. The van der Waals surface area contributed by atoms with Crippen LogP contribution in [-0.2, 0) is 0 Å². The number of piperazine rings is 1. The number of benzene rings is 1. The molecule has 1 saturated heterocycles. The summed E-state index contributed by atoms with van der Waals surface area (Å²) in [4.78, 5) is 12.8. The Morgan fingerprint density at radius 3 is 2.81 bits per heavy atom. The average molecular weight is 291 g/mol. The fraction of sp³-hybridized carbons (Fsp3) is 0.467. The molecule has 21 heavy (non-hydrogen) atoms. The van der Waals surface area contributed by atoms with Gasteiger partial charge in [0.2, 0.25) is 0 Å². The van der Waals surface area contributed by atoms with Gasteiger partial charge < -0.3 is 10.4 Å². The van der Waals surface area contributed by atoms with Gasteiger partial charge in [0.05, 0.1) is 4.92 Å². The standard InChI is InChI=1S/C15H21N3O3/c1-2-3-4-13(17-9-7-16-8-10-17)12-5-6-15(19)14(11-12)18(20)21/h2,5-6,11,13,16,19H,1,3-4,7-10H2/t13-/m1/s1. The molecule has 0 spiro atoms. The average Bonchev–Trinajstić information content (AvgIpc) is 2.50. The van der Waals surface area contributed by atoms with Gasteiger partial charge in [0, 0.05) is 38.3 Å². The van der Waals surface area contributed by atoms with Crippen molar-refractivity contribution in [2.24, 2.45) is 0 Å². The van der Waals surface area contributed by atoms with E-state index in [0.29, 0.717) is 0 Å². The van der Waals surface area contributed by atoms with Crippen LogP contribution in [0.4, 0.5) is 5.69 Å². The molecular weight excluding hydrogens is 270 g/mol. The number of nitro benzene ring substituents is 1. The van der Waals surface area contributed by atoms with E-state index in [-0.39, 0.29) is 17.5 Å². The quantitative estimate of drug-likeness (QED) is 0.477. The molecule has 0 unspecified atom stereocenters. The van der Waals surface area contributed by atoms with Gasteiger partial charge in [-0.25, -0.2) is 0 Å². The van der Waals surface area contributed by atoms with Gasteiger partial charge in [-0.1, -0.05) is 12.1 Å². The molecule has 0 amide bonds. The number of nitro groups is 1. The van der Waals surface area contributed by atoms with Gasteiger partial charge in [0.1, 0.15) is 0 Å². The van der Waals surface area contributed by atoms with Crippen LogP contribution in [0.15, 0.2) is 30.9 Å². The number of rotatable bonds is 6. The molecule has 1 aliphatic heterocycles. The summed E-state index contributed by atoms with van der Waals surface area (Å²) in [6, 6.07) is 4.80. The van der Waals surface area contributed by atoms with Crippen molar-refractivity contribution < 1.29 is 10.0 Å². The third-order valence-corrected chi connectivity index (χ3v) is 3.82. The van der Waals surface area contributed by atoms with Crippen LogP contribution in [0.3, 0.4) is 0 Å². The van der Waals surface area contributed by atoms with Crippen LogP contribution in [0.1, 0.15) is 24.4 Å². The highest BCUT2D eigenvalue weighted by atomic mass is 16.6. The molecule has 2 rings (SSSR count). The lowest BCUT2D eigenvalue weighted by atomic mass is 9.98. The number of nitrogens with one attached hydrogen (secondary N) is 1. The summed E-state index contributed by atoms with van der Waals surface area (Å²) < 4.78 is 0. The summed E-state index contributed by atoms with van der Waals surface area (Å²) in [5.41, 5.74) is 0.648. The van der Waals surface area contributed by atoms with Crippen molar-refractivity contribution in [3.63, 3.8) is 0 Å². The first-order valence-corrected chi connectivity index (χ1v) is 7.16. The monoisotopic (exact) mass is 291 g/mol. The molecule has 1 aliphatic rings. The minimum Gasteiger partial charge on any atom is -0.502 e. The van der Waals surface area contributed by atoms with Crippen molar-refractivity contribution in [1.82, 2.24) is 10.2 Å². The molecule has 1 atom stereocenters. The van der Waals surface area contributed by atoms with Crippen molar-refractivity contribution >= 4 is 5.69 Å². The third-order valence-electron chi connectivity index (χ3n) is 3.82. The predicted molar refractivity (Wildman–Crippen MR) is 81.4 cm³/mol. The minimum atomic E-state index is -0.541. The summed E-state index contributed by atoms with van der Waals surface area (Å²) in [5.74, 6) is -0.286. The molecule has 0 saturated carbocycles. The lowest BCUT2D eigenvalue weighted by Gasteiger charge is -2.35. The first-order chi connectivity index (χ1) is 10.1. The Kier molecular flexibility index (Phi) is 5.30. The van der Waals surface area contributed by atoms with Gasteiger partial charge in [-0.3, -0.25) is 15.0 Å². The molecule has 1 aromatic carbocycles. The molecule has 1 aromatic rings. The Morgan fingerprint density at radius 1 is 1.48 bits per heavy atom. The number of nitrogens with zero attached hydrogens (tertiary/aromatic N) is 2. The number of phenolic OH excluding ortho intramolecular Hbond substituents is 1. The summed E-state index contributed by atoms with van der Waals surface area (Å²) in [6.07, 6.45) is 3.58. The molecule has 6 heteroatoms. The van der Waals surface area contributed by atoms with E-state index in [0.717, 1.165) is 44.6 Å². The summed E-state index contributed by atoms with van der Waals surface area (Å²) in [6.45, 7) is 7.42. The van der Waals surface area contributed by atoms with Crippen molar-refractivity contribution in [2.75, 3.05) is 26.2 Å². The minimum absolute atomic E-state index is 0.115. The van der Waals surface area contributed by atoms with E-state index >= 15 is 0 Å². The first-order valence-electron chi connectivity index (χ1n) is 7.16. The van der Waals surface area contributed by atoms with Gasteiger partial charge in [-0.05, 0) is 24.5 Å². The van der Waals surface area contributed by atoms with E-state index in [1.54, 1.807) is 6.07 Å². The van der Waals surface area contributed by atoms with Crippen LogP contribution in [0.2, 0.25) is 0 Å². The topological polar surface area (TPSA) is 78.6 Å². The zero-order chi connectivity index (χ0) is 15.2. The summed E-state index contributed by atoms with van der Waals surface area (Å²) in [5, 5.41) is 23.9. The molecule has 114 valence electrons. The maximum Gasteiger partial charge on any atom is 0.311 e. The summed E-state index contributed by atoms with van der Waals surface area (Å²) >= 11 is 0. The molecule has 1 heterocycles. The van der Waals surface area contributed by atoms with Crippen molar-refractivity contribution in [2.45, 2.75) is 18.9 Å². The number of hydrogen-bond acceptors (Lipinski definition) is 5. The van der Waals surface area contributed by atoms with E-state index in [9.17, 15) is 15.2 Å². The molecular formula is C15H21N3O3. The highest BCUT2D eigenvalue weighted by Gasteiger charge is 2.24. The smallest absolute Gasteiger partial charge is 0.311 e. The fourth-order valence-corrected chi connectivity index (χ4v) is 2.72. The first kappa shape index (κ1) is 15.5. The van der Waals surface area contributed by atoms with Crippen LogP contribution in [0.5, 0.6) is 5.75 Å². The SMILES string of the molecule is C=CCC[C@H](c1ccc(O)c([N+](=O)[O-])c1)N1CCNCC1. The van der Waals surface area contributed by atoms with Gasteiger partial charge in [0.25, 0.3) is 0 Å². The highest BCUT2D eigenvalue weighted by Crippen LogP contribution is 2.33. The fourth-order valence-electron chi connectivity index (χ4n) is 2.72. The van der Waals surface area contributed by atoms with E-state index < -0.39 is 4.92 Å². The molecule has 2 N–H and O–H groups in total. The van der Waals surface area contributed by atoms with Crippen LogP contribution < -0.4 is 5.32 Å².